The predicted molar refractivity (Wildman–Crippen MR) is 87.7 cm³/mol. The second-order valence-corrected chi connectivity index (χ2v) is 5.78. The van der Waals surface area contributed by atoms with Gasteiger partial charge in [0.25, 0.3) is 5.91 Å². The van der Waals surface area contributed by atoms with Crippen LogP contribution in [0.2, 0.25) is 0 Å². The van der Waals surface area contributed by atoms with Gasteiger partial charge in [-0.2, -0.15) is 0 Å². The van der Waals surface area contributed by atoms with E-state index in [0.29, 0.717) is 11.4 Å². The Morgan fingerprint density at radius 2 is 2.10 bits per heavy atom. The summed E-state index contributed by atoms with van der Waals surface area (Å²) in [5.41, 5.74) is 3.94. The zero-order chi connectivity index (χ0) is 15.0. The van der Waals surface area contributed by atoms with Crippen LogP contribution >= 0.6 is 15.9 Å². The van der Waals surface area contributed by atoms with Crippen LogP contribution in [0, 0.1) is 13.8 Å². The van der Waals surface area contributed by atoms with Gasteiger partial charge in [-0.1, -0.05) is 0 Å². The Morgan fingerprint density at radius 3 is 2.86 bits per heavy atom. The zero-order valence-electron chi connectivity index (χ0n) is 11.7. The molecule has 0 spiro atoms. The van der Waals surface area contributed by atoms with Crippen LogP contribution in [0.1, 0.15) is 21.6 Å². The molecule has 4 nitrogen and oxygen atoms in total. The minimum atomic E-state index is -0.172. The predicted octanol–water partition coefficient (Wildman–Crippen LogP) is 4.19. The van der Waals surface area contributed by atoms with Crippen LogP contribution in [-0.2, 0) is 0 Å². The Balaban J connectivity index is 1.95. The first-order valence-corrected chi connectivity index (χ1v) is 7.36. The van der Waals surface area contributed by atoms with Gasteiger partial charge in [-0.3, -0.25) is 4.79 Å². The summed E-state index contributed by atoms with van der Waals surface area (Å²) >= 11 is 3.37. The van der Waals surface area contributed by atoms with Gasteiger partial charge >= 0.3 is 0 Å². The number of amides is 1. The molecule has 0 aliphatic carbocycles. The van der Waals surface area contributed by atoms with Crippen LogP contribution in [0.3, 0.4) is 0 Å². The van der Waals surface area contributed by atoms with E-state index in [9.17, 15) is 4.79 Å². The zero-order valence-corrected chi connectivity index (χ0v) is 13.3. The summed E-state index contributed by atoms with van der Waals surface area (Å²) in [4.78, 5) is 19.8. The molecule has 0 atom stereocenters. The number of fused-ring (bicyclic) bond motifs is 1. The van der Waals surface area contributed by atoms with Crippen LogP contribution in [0.15, 0.2) is 41.0 Å². The first-order valence-electron chi connectivity index (χ1n) is 6.57. The van der Waals surface area contributed by atoms with Crippen molar-refractivity contribution in [3.63, 3.8) is 0 Å². The van der Waals surface area contributed by atoms with E-state index in [4.69, 9.17) is 0 Å². The number of halogens is 1. The smallest absolute Gasteiger partial charge is 0.256 e. The summed E-state index contributed by atoms with van der Waals surface area (Å²) in [6, 6.07) is 9.28. The fraction of sp³-hybridized carbons (Fsp3) is 0.125. The largest absolute Gasteiger partial charge is 0.358 e. The van der Waals surface area contributed by atoms with Crippen LogP contribution < -0.4 is 5.32 Å². The number of hydrogen-bond acceptors (Lipinski definition) is 2. The van der Waals surface area contributed by atoms with Gasteiger partial charge in [-0.05, 0) is 65.7 Å². The topological polar surface area (TPSA) is 57.8 Å². The van der Waals surface area contributed by atoms with Crippen molar-refractivity contribution in [2.24, 2.45) is 0 Å². The van der Waals surface area contributed by atoms with Gasteiger partial charge in [-0.25, -0.2) is 4.98 Å². The van der Waals surface area contributed by atoms with Crippen molar-refractivity contribution in [1.82, 2.24) is 9.97 Å². The maximum Gasteiger partial charge on any atom is 0.256 e. The molecule has 21 heavy (non-hydrogen) atoms. The molecule has 3 rings (SSSR count). The average Bonchev–Trinajstić information content (AvgIpc) is 2.76. The lowest BCUT2D eigenvalue weighted by Crippen LogP contribution is -2.13. The lowest BCUT2D eigenvalue weighted by Gasteiger charge is -2.06. The molecule has 106 valence electrons. The molecule has 0 fully saturated rings. The van der Waals surface area contributed by atoms with Crippen molar-refractivity contribution < 1.29 is 4.79 Å². The third kappa shape index (κ3) is 2.56. The summed E-state index contributed by atoms with van der Waals surface area (Å²) in [5, 5.41) is 3.88. The van der Waals surface area contributed by atoms with Crippen molar-refractivity contribution in [2.45, 2.75) is 13.8 Å². The summed E-state index contributed by atoms with van der Waals surface area (Å²) in [5.74, 6) is 0.346. The summed E-state index contributed by atoms with van der Waals surface area (Å²) in [6.45, 7) is 4.07. The molecular formula is C16H14BrN3O. The van der Waals surface area contributed by atoms with Gasteiger partial charge in [0.05, 0.1) is 4.47 Å². The minimum absolute atomic E-state index is 0.172. The highest BCUT2D eigenvalue weighted by Crippen LogP contribution is 2.24. The van der Waals surface area contributed by atoms with Crippen molar-refractivity contribution in [3.8, 4) is 0 Å². The number of H-pyrrole nitrogens is 1. The number of carbonyl (C=O) groups excluding carboxylic acids is 1. The molecule has 0 bridgehead atoms. The van der Waals surface area contributed by atoms with Gasteiger partial charge in [0.2, 0.25) is 0 Å². The molecule has 0 saturated heterocycles. The lowest BCUT2D eigenvalue weighted by molar-refractivity contribution is 0.102. The SMILES string of the molecule is Cc1[nH]c2ccc(C(=O)Nc3ncccc3Br)cc2c1C. The fourth-order valence-corrected chi connectivity index (χ4v) is 2.61. The number of pyridine rings is 1. The summed E-state index contributed by atoms with van der Waals surface area (Å²) < 4.78 is 0.757. The number of aryl methyl sites for hydroxylation is 2. The number of aromatic nitrogens is 2. The highest BCUT2D eigenvalue weighted by molar-refractivity contribution is 9.10. The molecule has 2 N–H and O–H groups in total. The highest BCUT2D eigenvalue weighted by atomic mass is 79.9. The Morgan fingerprint density at radius 1 is 1.29 bits per heavy atom. The van der Waals surface area contributed by atoms with Crippen molar-refractivity contribution in [2.75, 3.05) is 5.32 Å². The van der Waals surface area contributed by atoms with E-state index in [0.717, 1.165) is 21.1 Å². The number of anilines is 1. The lowest BCUT2D eigenvalue weighted by atomic mass is 10.1. The van der Waals surface area contributed by atoms with Crippen LogP contribution in [0.5, 0.6) is 0 Å². The van der Waals surface area contributed by atoms with E-state index in [1.54, 1.807) is 12.3 Å². The maximum atomic E-state index is 12.3. The molecule has 0 unspecified atom stereocenters. The normalized spacial score (nSPS) is 10.8. The van der Waals surface area contributed by atoms with E-state index in [1.165, 1.54) is 5.56 Å². The Hall–Kier alpha value is -2.14. The third-order valence-corrected chi connectivity index (χ3v) is 4.20. The Bertz CT molecular complexity index is 839. The summed E-state index contributed by atoms with van der Waals surface area (Å²) in [7, 11) is 0. The maximum absolute atomic E-state index is 12.3. The Labute approximate surface area is 130 Å². The quantitative estimate of drug-likeness (QED) is 0.732. The number of carbonyl (C=O) groups is 1. The molecule has 1 amide bonds. The first kappa shape index (κ1) is 13.8. The van der Waals surface area contributed by atoms with E-state index in [-0.39, 0.29) is 5.91 Å². The van der Waals surface area contributed by atoms with E-state index < -0.39 is 0 Å². The van der Waals surface area contributed by atoms with E-state index in [2.05, 4.69) is 31.2 Å². The number of hydrogen-bond donors (Lipinski definition) is 2. The molecule has 3 aromatic rings. The first-order chi connectivity index (χ1) is 10.1. The molecule has 1 aromatic carbocycles. The second kappa shape index (κ2) is 5.33. The fourth-order valence-electron chi connectivity index (χ4n) is 2.26. The highest BCUT2D eigenvalue weighted by Gasteiger charge is 2.11. The number of nitrogens with one attached hydrogen (secondary N) is 2. The van der Waals surface area contributed by atoms with E-state index >= 15 is 0 Å². The van der Waals surface area contributed by atoms with E-state index in [1.807, 2.05) is 38.1 Å². The van der Waals surface area contributed by atoms with Crippen molar-refractivity contribution >= 4 is 38.6 Å². The number of benzene rings is 1. The average molecular weight is 344 g/mol. The minimum Gasteiger partial charge on any atom is -0.358 e. The third-order valence-electron chi connectivity index (χ3n) is 3.56. The molecular weight excluding hydrogens is 330 g/mol. The van der Waals surface area contributed by atoms with Crippen LogP contribution in [0.4, 0.5) is 5.82 Å². The standard InChI is InChI=1S/C16H14BrN3O/c1-9-10(2)19-14-6-5-11(8-12(9)14)16(21)20-15-13(17)4-3-7-18-15/h3-8,19H,1-2H3,(H,18,20,21). The van der Waals surface area contributed by atoms with Gasteiger partial charge in [0, 0.05) is 28.4 Å². The molecule has 2 aromatic heterocycles. The Kier molecular flexibility index (Phi) is 3.51. The van der Waals surface area contributed by atoms with Gasteiger partial charge in [0.1, 0.15) is 5.82 Å². The summed E-state index contributed by atoms with van der Waals surface area (Å²) in [6.07, 6.45) is 1.64. The van der Waals surface area contributed by atoms with Crippen LogP contribution in [0.25, 0.3) is 10.9 Å². The van der Waals surface area contributed by atoms with Crippen molar-refractivity contribution in [3.05, 3.63) is 57.8 Å². The van der Waals surface area contributed by atoms with Gasteiger partial charge in [0.15, 0.2) is 0 Å². The number of aromatic amines is 1. The number of rotatable bonds is 2. The molecule has 0 radical (unpaired) electrons. The second-order valence-electron chi connectivity index (χ2n) is 4.92. The van der Waals surface area contributed by atoms with Crippen molar-refractivity contribution in [1.29, 1.82) is 0 Å². The molecule has 0 aliphatic rings. The van der Waals surface area contributed by atoms with Crippen LogP contribution in [-0.4, -0.2) is 15.9 Å². The molecule has 5 heteroatoms. The van der Waals surface area contributed by atoms with Gasteiger partial charge < -0.3 is 10.3 Å². The molecule has 0 saturated carbocycles. The molecule has 0 aliphatic heterocycles. The number of nitrogens with zero attached hydrogens (tertiary/aromatic N) is 1. The van der Waals surface area contributed by atoms with Gasteiger partial charge in [-0.15, -0.1) is 0 Å². The molecule has 2 heterocycles. The monoisotopic (exact) mass is 343 g/mol.